The summed E-state index contributed by atoms with van der Waals surface area (Å²) in [6.07, 6.45) is 45.4. The highest BCUT2D eigenvalue weighted by molar-refractivity contribution is 14.1. The van der Waals surface area contributed by atoms with Crippen LogP contribution in [0.25, 0.3) is 10.4 Å². The van der Waals surface area contributed by atoms with Crippen molar-refractivity contribution in [2.24, 2.45) is 5.11 Å². The van der Waals surface area contributed by atoms with E-state index in [0.717, 1.165) is 51.5 Å². The van der Waals surface area contributed by atoms with Crippen molar-refractivity contribution < 1.29 is 41.5 Å². The molecule has 0 amide bonds. The van der Waals surface area contributed by atoms with E-state index >= 15 is 0 Å². The summed E-state index contributed by atoms with van der Waals surface area (Å²) in [7, 11) is 5.70. The average Bonchev–Trinajstić information content (AvgIpc) is 3.44. The van der Waals surface area contributed by atoms with Gasteiger partial charge in [0.15, 0.2) is 6.61 Å². The first-order valence-electron chi connectivity index (χ1n) is 32.3. The van der Waals surface area contributed by atoms with Crippen molar-refractivity contribution in [1.29, 1.82) is 0 Å². The Morgan fingerprint density at radius 2 is 0.829 bits per heavy atom. The summed E-state index contributed by atoms with van der Waals surface area (Å²) in [6, 6.07) is 16.8. The minimum atomic E-state index is -4.15. The molecule has 0 heterocycles. The lowest BCUT2D eigenvalue weighted by molar-refractivity contribution is -0.870. The summed E-state index contributed by atoms with van der Waals surface area (Å²) in [5.41, 5.74) is 11.9. The van der Waals surface area contributed by atoms with Crippen LogP contribution in [0.3, 0.4) is 0 Å². The summed E-state index contributed by atoms with van der Waals surface area (Å²) >= 11 is 2.36. The molecule has 17 heteroatoms. The number of nitrogens with one attached hydrogen (secondary N) is 1. The van der Waals surface area contributed by atoms with Crippen LogP contribution in [0.2, 0.25) is 0 Å². The number of phosphoric acid groups is 2. The van der Waals surface area contributed by atoms with Gasteiger partial charge in [0, 0.05) is 14.2 Å². The fourth-order valence-electron chi connectivity index (χ4n) is 8.56. The van der Waals surface area contributed by atoms with Crippen molar-refractivity contribution in [2.75, 3.05) is 88.9 Å². The molecule has 1 N–H and O–H groups in total. The Kier molecular flexibility index (Phi) is 64.5. The number of halogens is 1. The molecule has 480 valence electrons. The van der Waals surface area contributed by atoms with E-state index in [1.165, 1.54) is 201 Å². The van der Waals surface area contributed by atoms with Gasteiger partial charge in [-0.15, -0.1) is 0 Å². The second-order valence-electron chi connectivity index (χ2n) is 22.8. The number of rotatable bonds is 50. The van der Waals surface area contributed by atoms with Crippen molar-refractivity contribution in [3.63, 3.8) is 0 Å². The lowest BCUT2D eigenvalue weighted by atomic mass is 10.0. The number of unbranched alkanes of at least 4 members (excludes halogenated alkanes) is 31. The van der Waals surface area contributed by atoms with Gasteiger partial charge in [0.2, 0.25) is 0 Å². The van der Waals surface area contributed by atoms with Gasteiger partial charge in [-0.25, -0.2) is 0 Å². The second-order valence-corrected chi connectivity index (χ2v) is 26.9. The Morgan fingerprint density at radius 3 is 1.11 bits per heavy atom. The predicted octanol–water partition coefficient (Wildman–Crippen LogP) is 19.2. The van der Waals surface area contributed by atoms with Crippen molar-refractivity contribution in [3.05, 3.63) is 80.6 Å². The first kappa shape index (κ1) is 84.7. The number of benzene rings is 2. The van der Waals surface area contributed by atoms with Gasteiger partial charge in [0.1, 0.15) is 13.2 Å². The number of hydrogen-bond acceptors (Lipinski definition) is 11. The van der Waals surface area contributed by atoms with E-state index in [-0.39, 0.29) is 26.4 Å². The molecule has 0 fully saturated rings. The summed E-state index contributed by atoms with van der Waals surface area (Å²) < 4.78 is 44.0. The molecule has 0 spiro atoms. The van der Waals surface area contributed by atoms with Gasteiger partial charge in [0.05, 0.1) is 41.3 Å². The van der Waals surface area contributed by atoms with Crippen LogP contribution in [0.15, 0.2) is 53.6 Å². The van der Waals surface area contributed by atoms with Crippen LogP contribution in [0.4, 0.5) is 5.69 Å². The number of nitrogens with zero attached hydrogens (tertiary/aromatic N) is 5. The standard InChI is InChI=1S/C29H53N4O4P.C26H44IO4P.C5H13N.C3H9N.C2H6/c1-33(2,3)25-27-37-38(34,35)36-26-19-17-15-13-11-9-7-5-4-6-8-10-12-14-16-18-20-28-21-23-29(24-22-28)31-32-30;1-2-30-32(28,29)31-24-18-16-14-12-10-8-6-4-3-5-7-9-11-13-15-17-19-25-20-22-26(27)23-21-25;1-3-4-5-6-2;1-4(2)3;1-2/h21-24H,4-20,25-27H2,1-3H3;20-23H,1-19,24H2;6H,3-5H2,1-2H3;1-3H3;1-2H3. The molecule has 2 rings (SSSR count). The number of hydrogen-bond donors (Lipinski definition) is 1. The molecule has 2 unspecified atom stereocenters. The molecule has 0 aromatic heterocycles. The second kappa shape index (κ2) is 62.5. The maximum atomic E-state index is 11.7. The monoisotopic (exact) mass is 1310 g/mol. The molecule has 14 nitrogen and oxygen atoms in total. The first-order valence-corrected chi connectivity index (χ1v) is 36.3. The SMILES string of the molecule is CC.CCCCNC.CN(C)C.C[N+](C)(C)CCOP(=O)([O-])OCCCCCCCCCCCCCCCCCCc1ccc(N=[N+]=[N-])cc1.[CH2+]COP(=O)([O-])OCCCCCCCCCCCCCCCCCCc1ccc(I)cc1. The Bertz CT molecular complexity index is 1760. The zero-order chi connectivity index (χ0) is 61.7. The van der Waals surface area contributed by atoms with Crippen LogP contribution in [0.1, 0.15) is 250 Å². The minimum Gasteiger partial charge on any atom is -0.756 e. The molecule has 0 saturated carbocycles. The molecule has 2 atom stereocenters. The molecule has 0 saturated heterocycles. The van der Waals surface area contributed by atoms with Gasteiger partial charge in [-0.05, 0) is 131 Å². The van der Waals surface area contributed by atoms with E-state index in [0.29, 0.717) is 16.7 Å². The molecule has 0 aliphatic carbocycles. The molecule has 2 aromatic carbocycles. The van der Waals surface area contributed by atoms with Crippen LogP contribution in [0, 0.1) is 10.5 Å². The summed E-state index contributed by atoms with van der Waals surface area (Å²) in [4.78, 5) is 27.7. The summed E-state index contributed by atoms with van der Waals surface area (Å²) in [6.45, 7) is 11.8. The maximum absolute atomic E-state index is 11.7. The Morgan fingerprint density at radius 1 is 0.537 bits per heavy atom. The lowest BCUT2D eigenvalue weighted by Crippen LogP contribution is -2.37. The number of phosphoric ester groups is 2. The molecule has 0 aliphatic rings. The van der Waals surface area contributed by atoms with Crippen molar-refractivity contribution in [3.8, 4) is 0 Å². The third kappa shape index (κ3) is 69.2. The molecule has 82 heavy (non-hydrogen) atoms. The van der Waals surface area contributed by atoms with Gasteiger partial charge in [-0.1, -0.05) is 248 Å². The van der Waals surface area contributed by atoms with Crippen LogP contribution < -0.4 is 15.1 Å². The third-order valence-corrected chi connectivity index (χ3v) is 16.0. The minimum absolute atomic E-state index is 0.115. The molecule has 0 aliphatic heterocycles. The van der Waals surface area contributed by atoms with Gasteiger partial charge in [-0.2, -0.15) is 0 Å². The summed E-state index contributed by atoms with van der Waals surface area (Å²) in [5, 5.41) is 6.68. The van der Waals surface area contributed by atoms with E-state index in [1.807, 2.05) is 80.2 Å². The maximum Gasteiger partial charge on any atom is 0.271 e. The van der Waals surface area contributed by atoms with E-state index in [9.17, 15) is 18.9 Å². The van der Waals surface area contributed by atoms with E-state index in [1.54, 1.807) is 0 Å². The third-order valence-electron chi connectivity index (χ3n) is 13.3. The fraction of sp³-hybridized carbons (Fsp3) is 0.800. The highest BCUT2D eigenvalue weighted by Gasteiger charge is 2.13. The molecule has 0 radical (unpaired) electrons. The van der Waals surface area contributed by atoms with Gasteiger partial charge in [0.25, 0.3) is 15.6 Å². The first-order chi connectivity index (χ1) is 39.4. The lowest BCUT2D eigenvalue weighted by Gasteiger charge is -2.27. The number of azide groups is 1. The Hall–Kier alpha value is -1.55. The van der Waals surface area contributed by atoms with Crippen LogP contribution in [0.5, 0.6) is 0 Å². The van der Waals surface area contributed by atoms with Crippen molar-refractivity contribution in [1.82, 2.24) is 10.2 Å². The Labute approximate surface area is 519 Å². The van der Waals surface area contributed by atoms with E-state index in [4.69, 9.17) is 19.1 Å². The zero-order valence-electron chi connectivity index (χ0n) is 54.3. The summed E-state index contributed by atoms with van der Waals surface area (Å²) in [5.74, 6) is 0. The number of likely N-dealkylation sites (N-methyl/N-ethyl adjacent to an activating group) is 1. The molecular formula is C65H125IN6O8P2. The number of quaternary nitrogens is 1. The zero-order valence-corrected chi connectivity index (χ0v) is 58.2. The largest absolute Gasteiger partial charge is 0.756 e. The molecule has 0 bridgehead atoms. The smallest absolute Gasteiger partial charge is 0.271 e. The molecule has 2 aromatic rings. The topological polar surface area (TPSA) is 181 Å². The van der Waals surface area contributed by atoms with Gasteiger partial charge in [-0.3, -0.25) is 13.7 Å². The number of aryl methyl sites for hydroxylation is 2. The molecular weight excluding hydrogens is 1180 g/mol. The Balaban J connectivity index is -0.00000128. The van der Waals surface area contributed by atoms with Crippen molar-refractivity contribution in [2.45, 2.75) is 252 Å². The van der Waals surface area contributed by atoms with Crippen LogP contribution >= 0.6 is 38.2 Å². The highest BCUT2D eigenvalue weighted by Crippen LogP contribution is 2.39. The quantitative estimate of drug-likeness (QED) is 0.00978. The van der Waals surface area contributed by atoms with E-state index in [2.05, 4.69) is 92.7 Å². The predicted molar refractivity (Wildman–Crippen MR) is 357 cm³/mol. The van der Waals surface area contributed by atoms with E-state index < -0.39 is 15.6 Å². The van der Waals surface area contributed by atoms with Gasteiger partial charge >= 0.3 is 0 Å². The van der Waals surface area contributed by atoms with Crippen LogP contribution in [-0.4, -0.2) is 98.2 Å². The van der Waals surface area contributed by atoms with Gasteiger partial charge < -0.3 is 38.1 Å². The highest BCUT2D eigenvalue weighted by atomic mass is 127. The average molecular weight is 1310 g/mol. The van der Waals surface area contributed by atoms with Crippen molar-refractivity contribution >= 4 is 43.9 Å². The van der Waals surface area contributed by atoms with Crippen LogP contribution in [-0.2, 0) is 40.1 Å². The normalized spacial score (nSPS) is 12.5. The fourth-order valence-corrected chi connectivity index (χ4v) is 10.3.